The van der Waals surface area contributed by atoms with Crippen LogP contribution >= 0.6 is 11.6 Å². The average Bonchev–Trinajstić information content (AvgIpc) is 2.86. The van der Waals surface area contributed by atoms with E-state index in [0.29, 0.717) is 40.6 Å². The number of aromatic hydroxyl groups is 2. The van der Waals surface area contributed by atoms with E-state index in [1.807, 2.05) is 6.07 Å². The van der Waals surface area contributed by atoms with Crippen LogP contribution in [0.1, 0.15) is 28.4 Å². The van der Waals surface area contributed by atoms with Crippen molar-refractivity contribution < 1.29 is 19.8 Å². The van der Waals surface area contributed by atoms with E-state index in [9.17, 15) is 19.8 Å². The number of phenols is 2. The van der Waals surface area contributed by atoms with Crippen LogP contribution in [0.3, 0.4) is 0 Å². The van der Waals surface area contributed by atoms with Crippen LogP contribution in [0.2, 0.25) is 5.02 Å². The number of piperazine rings is 1. The second-order valence-corrected chi connectivity index (χ2v) is 9.55. The van der Waals surface area contributed by atoms with E-state index in [0.717, 1.165) is 18.7 Å². The zero-order valence-electron chi connectivity index (χ0n) is 19.3. The molecule has 2 aliphatic rings. The van der Waals surface area contributed by atoms with Crippen molar-refractivity contribution in [3.63, 3.8) is 0 Å². The second-order valence-electron chi connectivity index (χ2n) is 9.12. The number of benzene rings is 3. The molecule has 0 spiro atoms. The Balaban J connectivity index is 1.72. The summed E-state index contributed by atoms with van der Waals surface area (Å²) in [7, 11) is 0. The quantitative estimate of drug-likeness (QED) is 0.480. The van der Waals surface area contributed by atoms with Gasteiger partial charge in [0.1, 0.15) is 16.9 Å². The summed E-state index contributed by atoms with van der Waals surface area (Å²) in [5, 5.41) is 23.6. The molecule has 7 nitrogen and oxygen atoms in total. The van der Waals surface area contributed by atoms with Crippen LogP contribution in [0.15, 0.2) is 60.7 Å². The van der Waals surface area contributed by atoms with Gasteiger partial charge in [-0.1, -0.05) is 35.9 Å². The van der Waals surface area contributed by atoms with Crippen molar-refractivity contribution in [2.24, 2.45) is 0 Å². The number of rotatable bonds is 4. The Bertz CT molecular complexity index is 1300. The Hall–Kier alpha value is -3.55. The molecule has 35 heavy (non-hydrogen) atoms. The zero-order valence-corrected chi connectivity index (χ0v) is 20.0. The highest BCUT2D eigenvalue weighted by Gasteiger charge is 2.52. The smallest absolute Gasteiger partial charge is 0.245 e. The summed E-state index contributed by atoms with van der Waals surface area (Å²) in [6.45, 7) is 4.75. The van der Waals surface area contributed by atoms with E-state index in [2.05, 4.69) is 10.2 Å². The molecule has 2 aliphatic heterocycles. The van der Waals surface area contributed by atoms with Gasteiger partial charge < -0.3 is 25.3 Å². The average molecular weight is 492 g/mol. The molecule has 5 rings (SSSR count). The highest BCUT2D eigenvalue weighted by molar-refractivity contribution is 6.34. The third kappa shape index (κ3) is 4.00. The molecule has 1 saturated heterocycles. The summed E-state index contributed by atoms with van der Waals surface area (Å²) in [6.07, 6.45) is 0. The number of anilines is 2. The standard InChI is InChI=1S/C27H26ClN3O4/c1-27(18-5-7-20(32)8-6-18)25(34)24-22(30-11-9-29-10-12-30)14-19(28)15-23(24)31(26(27)35)16-17-3-2-4-21(33)13-17/h2-8,13-15,29,32-33H,9-12,16H2,1H3. The summed E-state index contributed by atoms with van der Waals surface area (Å²) in [5.41, 5.74) is 1.33. The maximum absolute atomic E-state index is 14.2. The predicted molar refractivity (Wildman–Crippen MR) is 136 cm³/mol. The summed E-state index contributed by atoms with van der Waals surface area (Å²) < 4.78 is 0. The molecule has 1 unspecified atom stereocenters. The number of ketones is 1. The van der Waals surface area contributed by atoms with Gasteiger partial charge in [0.15, 0.2) is 5.78 Å². The number of carbonyl (C=O) groups excluding carboxylic acids is 2. The van der Waals surface area contributed by atoms with E-state index < -0.39 is 11.3 Å². The van der Waals surface area contributed by atoms with Crippen molar-refractivity contribution >= 4 is 34.7 Å². The molecule has 2 heterocycles. The number of phenolic OH excluding ortho intramolecular Hbond substituents is 2. The van der Waals surface area contributed by atoms with E-state index in [-0.39, 0.29) is 23.8 Å². The molecule has 3 N–H and O–H groups in total. The molecule has 0 radical (unpaired) electrons. The predicted octanol–water partition coefficient (Wildman–Crippen LogP) is 3.85. The van der Waals surface area contributed by atoms with Gasteiger partial charge in [0, 0.05) is 31.2 Å². The minimum absolute atomic E-state index is 0.0540. The Morgan fingerprint density at radius 2 is 1.63 bits per heavy atom. The molecule has 1 amide bonds. The van der Waals surface area contributed by atoms with Gasteiger partial charge in [-0.3, -0.25) is 9.59 Å². The minimum atomic E-state index is -1.51. The van der Waals surface area contributed by atoms with Crippen molar-refractivity contribution in [1.29, 1.82) is 0 Å². The maximum Gasteiger partial charge on any atom is 0.245 e. The van der Waals surface area contributed by atoms with Gasteiger partial charge in [-0.25, -0.2) is 0 Å². The molecule has 8 heteroatoms. The highest BCUT2D eigenvalue weighted by Crippen LogP contribution is 2.46. The lowest BCUT2D eigenvalue weighted by Gasteiger charge is -2.42. The van der Waals surface area contributed by atoms with Crippen molar-refractivity contribution in [2.45, 2.75) is 18.9 Å². The number of carbonyl (C=O) groups is 2. The number of nitrogens with zero attached hydrogens (tertiary/aromatic N) is 2. The molecule has 0 aliphatic carbocycles. The lowest BCUT2D eigenvalue weighted by Crippen LogP contribution is -2.55. The fourth-order valence-electron chi connectivity index (χ4n) is 4.95. The molecule has 1 atom stereocenters. The number of nitrogens with one attached hydrogen (secondary N) is 1. The molecule has 3 aromatic rings. The highest BCUT2D eigenvalue weighted by atomic mass is 35.5. The van der Waals surface area contributed by atoms with Gasteiger partial charge in [0.05, 0.1) is 23.5 Å². The van der Waals surface area contributed by atoms with Gasteiger partial charge in [0.25, 0.3) is 0 Å². The van der Waals surface area contributed by atoms with Gasteiger partial charge in [0.2, 0.25) is 5.91 Å². The molecule has 0 saturated carbocycles. The van der Waals surface area contributed by atoms with E-state index in [4.69, 9.17) is 11.6 Å². The first-order chi connectivity index (χ1) is 16.8. The van der Waals surface area contributed by atoms with Crippen molar-refractivity contribution in [3.05, 3.63) is 82.4 Å². The maximum atomic E-state index is 14.2. The van der Waals surface area contributed by atoms with E-state index in [1.165, 1.54) is 12.1 Å². The molecular formula is C27H26ClN3O4. The summed E-state index contributed by atoms with van der Waals surface area (Å²) in [6, 6.07) is 16.4. The van der Waals surface area contributed by atoms with Gasteiger partial charge in [-0.2, -0.15) is 0 Å². The first kappa shape index (κ1) is 23.2. The number of Topliss-reactive ketones (excluding diaryl/α,β-unsaturated/α-hetero) is 1. The molecule has 0 bridgehead atoms. The fraction of sp³-hybridized carbons (Fsp3) is 0.259. The Kier molecular flexibility index (Phi) is 5.91. The number of fused-ring (bicyclic) bond motifs is 1. The Morgan fingerprint density at radius 1 is 0.943 bits per heavy atom. The monoisotopic (exact) mass is 491 g/mol. The summed E-state index contributed by atoms with van der Waals surface area (Å²) in [4.78, 5) is 32.0. The van der Waals surface area contributed by atoms with Gasteiger partial charge in [-0.15, -0.1) is 0 Å². The van der Waals surface area contributed by atoms with Crippen LogP contribution in [0.4, 0.5) is 11.4 Å². The number of hydrogen-bond donors (Lipinski definition) is 3. The molecule has 180 valence electrons. The van der Waals surface area contributed by atoms with Crippen molar-refractivity contribution in [1.82, 2.24) is 5.32 Å². The van der Waals surface area contributed by atoms with Crippen LogP contribution in [0.5, 0.6) is 11.5 Å². The van der Waals surface area contributed by atoms with Crippen molar-refractivity contribution in [3.8, 4) is 11.5 Å². The van der Waals surface area contributed by atoms with Crippen LogP contribution in [0, 0.1) is 0 Å². The lowest BCUT2D eigenvalue weighted by molar-refractivity contribution is -0.122. The number of halogens is 1. The normalized spacial score (nSPS) is 20.2. The molecular weight excluding hydrogens is 466 g/mol. The summed E-state index contributed by atoms with van der Waals surface area (Å²) in [5.74, 6) is -0.548. The van der Waals surface area contributed by atoms with Crippen molar-refractivity contribution in [2.75, 3.05) is 36.0 Å². The van der Waals surface area contributed by atoms with Crippen LogP contribution < -0.4 is 15.1 Å². The summed E-state index contributed by atoms with van der Waals surface area (Å²) >= 11 is 6.54. The van der Waals surface area contributed by atoms with Gasteiger partial charge in [-0.05, 0) is 54.4 Å². The largest absolute Gasteiger partial charge is 0.508 e. The second kappa shape index (κ2) is 8.91. The number of amides is 1. The van der Waals surface area contributed by atoms with Crippen LogP contribution in [0.25, 0.3) is 0 Å². The molecule has 0 aromatic heterocycles. The fourth-order valence-corrected chi connectivity index (χ4v) is 5.16. The Morgan fingerprint density at radius 3 is 2.31 bits per heavy atom. The minimum Gasteiger partial charge on any atom is -0.508 e. The molecule has 1 fully saturated rings. The molecule has 3 aromatic carbocycles. The third-order valence-corrected chi connectivity index (χ3v) is 7.08. The first-order valence-electron chi connectivity index (χ1n) is 11.5. The van der Waals surface area contributed by atoms with E-state index in [1.54, 1.807) is 54.3 Å². The Labute approximate surface area is 208 Å². The van der Waals surface area contributed by atoms with Crippen LogP contribution in [-0.2, 0) is 16.8 Å². The van der Waals surface area contributed by atoms with Gasteiger partial charge >= 0.3 is 0 Å². The van der Waals surface area contributed by atoms with E-state index >= 15 is 0 Å². The SMILES string of the molecule is CC1(c2ccc(O)cc2)C(=O)c2c(N3CCNCC3)cc(Cl)cc2N(Cc2cccc(O)c2)C1=O. The van der Waals surface area contributed by atoms with Crippen LogP contribution in [-0.4, -0.2) is 48.1 Å². The lowest BCUT2D eigenvalue weighted by atomic mass is 9.71. The topological polar surface area (TPSA) is 93.1 Å². The first-order valence-corrected chi connectivity index (χ1v) is 11.9. The zero-order chi connectivity index (χ0) is 24.7. The third-order valence-electron chi connectivity index (χ3n) is 6.86. The number of hydrogen-bond acceptors (Lipinski definition) is 6.